The van der Waals surface area contributed by atoms with Crippen molar-refractivity contribution >= 4 is 52.3 Å². The minimum Gasteiger partial charge on any atom is -0.352 e. The Labute approximate surface area is 235 Å². The summed E-state index contributed by atoms with van der Waals surface area (Å²) in [5.41, 5.74) is 1.89. The normalized spacial score (nSPS) is 22.1. The lowest BCUT2D eigenvalue weighted by Crippen LogP contribution is -2.48. The summed E-state index contributed by atoms with van der Waals surface area (Å²) in [5.74, 6) is -1.63. The van der Waals surface area contributed by atoms with Crippen molar-refractivity contribution in [2.75, 3.05) is 4.90 Å². The van der Waals surface area contributed by atoms with Gasteiger partial charge in [0.2, 0.25) is 0 Å². The Hall–Kier alpha value is -3.99. The molecule has 6 heteroatoms. The molecule has 1 unspecified atom stereocenters. The zero-order valence-electron chi connectivity index (χ0n) is 20.6. The predicted octanol–water partition coefficient (Wildman–Crippen LogP) is 7.31. The van der Waals surface area contributed by atoms with E-state index in [1.54, 1.807) is 66.7 Å². The summed E-state index contributed by atoms with van der Waals surface area (Å²) in [7, 11) is 0. The number of benzene rings is 4. The molecule has 0 aromatic heterocycles. The first-order chi connectivity index (χ1) is 18.9. The largest absolute Gasteiger partial charge is 0.352 e. The van der Waals surface area contributed by atoms with Crippen LogP contribution in [0.15, 0.2) is 103 Å². The van der Waals surface area contributed by atoms with Crippen LogP contribution in [-0.2, 0) is 0 Å². The molecule has 0 amide bonds. The Bertz CT molecular complexity index is 1710. The van der Waals surface area contributed by atoms with E-state index in [4.69, 9.17) is 23.2 Å². The van der Waals surface area contributed by atoms with Crippen molar-refractivity contribution in [3.63, 3.8) is 0 Å². The molecule has 1 aliphatic carbocycles. The Kier molecular flexibility index (Phi) is 5.41. The summed E-state index contributed by atoms with van der Waals surface area (Å²) in [6.45, 7) is 0. The van der Waals surface area contributed by atoms with Gasteiger partial charge < -0.3 is 4.90 Å². The predicted molar refractivity (Wildman–Crippen MR) is 153 cm³/mol. The fourth-order valence-corrected chi connectivity index (χ4v) is 7.24. The number of carbonyl (C=O) groups is 3. The Morgan fingerprint density at radius 3 is 2.15 bits per heavy atom. The maximum atomic E-state index is 14.6. The number of carbonyl (C=O) groups excluding carboxylic acids is 3. The molecule has 2 heterocycles. The van der Waals surface area contributed by atoms with Crippen LogP contribution in [0.2, 0.25) is 10.0 Å². The highest BCUT2D eigenvalue weighted by molar-refractivity contribution is 6.35. The monoisotopic (exact) mass is 549 g/mol. The number of para-hydroxylation sites is 1. The van der Waals surface area contributed by atoms with Crippen LogP contribution in [0.25, 0.3) is 6.08 Å². The first kappa shape index (κ1) is 24.1. The van der Waals surface area contributed by atoms with Crippen molar-refractivity contribution in [2.45, 2.75) is 18.0 Å². The number of halogens is 2. The number of ketones is 3. The molecule has 3 atom stereocenters. The van der Waals surface area contributed by atoms with Gasteiger partial charge in [-0.1, -0.05) is 102 Å². The van der Waals surface area contributed by atoms with Crippen molar-refractivity contribution < 1.29 is 14.4 Å². The standard InChI is InChI=1S/C33H21Cl2NO3/c34-21-10-7-9-20(18-21)28-29(30(37)24-13-4-5-14-25(24)35)36-26-15-6-1-8-19(26)16-17-27(36)33(28)31(38)22-11-2-3-12-23(22)32(33)39/h1-18,27-29H/t27?,28-,29+/m1/s1. The summed E-state index contributed by atoms with van der Waals surface area (Å²) < 4.78 is 0. The molecule has 39 heavy (non-hydrogen) atoms. The van der Waals surface area contributed by atoms with Gasteiger partial charge in [-0.25, -0.2) is 0 Å². The van der Waals surface area contributed by atoms with Crippen LogP contribution in [0, 0.1) is 5.41 Å². The molecular formula is C33H21Cl2NO3. The van der Waals surface area contributed by atoms with Gasteiger partial charge >= 0.3 is 0 Å². The highest BCUT2D eigenvalue weighted by atomic mass is 35.5. The van der Waals surface area contributed by atoms with Gasteiger partial charge in [0.1, 0.15) is 11.5 Å². The molecule has 1 saturated heterocycles. The molecule has 3 aliphatic rings. The zero-order chi connectivity index (χ0) is 26.9. The zero-order valence-corrected chi connectivity index (χ0v) is 22.1. The average Bonchev–Trinajstić information content (AvgIpc) is 3.39. The summed E-state index contributed by atoms with van der Waals surface area (Å²) in [6, 6.07) is 27.1. The number of anilines is 1. The number of fused-ring (bicyclic) bond motifs is 5. The van der Waals surface area contributed by atoms with Crippen molar-refractivity contribution in [2.24, 2.45) is 5.41 Å². The number of hydrogen-bond acceptors (Lipinski definition) is 4. The lowest BCUT2D eigenvalue weighted by molar-refractivity contribution is 0.0666. The molecule has 0 saturated carbocycles. The van der Waals surface area contributed by atoms with E-state index >= 15 is 0 Å². The van der Waals surface area contributed by atoms with E-state index in [-0.39, 0.29) is 17.3 Å². The molecular weight excluding hydrogens is 529 g/mol. The quantitative estimate of drug-likeness (QED) is 0.198. The fourth-order valence-electron chi connectivity index (χ4n) is 6.81. The molecule has 1 spiro atoms. The maximum absolute atomic E-state index is 14.6. The Balaban J connectivity index is 1.57. The summed E-state index contributed by atoms with van der Waals surface area (Å²) in [6.07, 6.45) is 3.85. The molecule has 4 nitrogen and oxygen atoms in total. The second-order valence-corrected chi connectivity index (χ2v) is 11.0. The lowest BCUT2D eigenvalue weighted by Gasteiger charge is -2.37. The van der Waals surface area contributed by atoms with Crippen LogP contribution in [0.5, 0.6) is 0 Å². The van der Waals surface area contributed by atoms with Crippen molar-refractivity contribution in [1.82, 2.24) is 0 Å². The van der Waals surface area contributed by atoms with Gasteiger partial charge in [0.15, 0.2) is 17.3 Å². The van der Waals surface area contributed by atoms with E-state index < -0.39 is 23.4 Å². The Morgan fingerprint density at radius 1 is 0.769 bits per heavy atom. The van der Waals surface area contributed by atoms with E-state index in [9.17, 15) is 14.4 Å². The highest BCUT2D eigenvalue weighted by Crippen LogP contribution is 2.61. The molecule has 0 bridgehead atoms. The van der Waals surface area contributed by atoms with Gasteiger partial charge in [0.05, 0.1) is 11.1 Å². The first-order valence-electron chi connectivity index (χ1n) is 12.7. The SMILES string of the molecule is O=C(c1ccccc1Cl)[C@@H]1[C@@H](c2cccc(Cl)c2)C2(C(=O)c3ccccc3C2=O)C2C=Cc3ccccc3N21. The second-order valence-electron chi connectivity index (χ2n) is 10.2. The van der Waals surface area contributed by atoms with Gasteiger partial charge in [-0.2, -0.15) is 0 Å². The fraction of sp³-hybridized carbons (Fsp3) is 0.121. The number of nitrogens with zero attached hydrogens (tertiary/aromatic N) is 1. The molecule has 0 N–H and O–H groups in total. The highest BCUT2D eigenvalue weighted by Gasteiger charge is 2.71. The van der Waals surface area contributed by atoms with Crippen LogP contribution in [0.1, 0.15) is 48.1 Å². The minimum absolute atomic E-state index is 0.255. The maximum Gasteiger partial charge on any atom is 0.187 e. The molecule has 7 rings (SSSR count). The molecule has 1 fully saturated rings. The molecule has 4 aromatic rings. The molecule has 0 radical (unpaired) electrons. The van der Waals surface area contributed by atoms with Crippen molar-refractivity contribution in [3.05, 3.63) is 141 Å². The third-order valence-electron chi connectivity index (χ3n) is 8.33. The Morgan fingerprint density at radius 2 is 1.44 bits per heavy atom. The van der Waals surface area contributed by atoms with Gasteiger partial charge in [-0.15, -0.1) is 0 Å². The van der Waals surface area contributed by atoms with Gasteiger partial charge in [-0.3, -0.25) is 14.4 Å². The van der Waals surface area contributed by atoms with E-state index in [1.165, 1.54) is 0 Å². The molecule has 4 aromatic carbocycles. The van der Waals surface area contributed by atoms with Crippen LogP contribution < -0.4 is 4.90 Å². The summed E-state index contributed by atoms with van der Waals surface area (Å²) in [4.78, 5) is 45.8. The number of rotatable bonds is 3. The van der Waals surface area contributed by atoms with Crippen molar-refractivity contribution in [3.8, 4) is 0 Å². The summed E-state index contributed by atoms with van der Waals surface area (Å²) >= 11 is 13.0. The van der Waals surface area contributed by atoms with E-state index in [0.29, 0.717) is 32.3 Å². The van der Waals surface area contributed by atoms with Gasteiger partial charge in [0, 0.05) is 33.3 Å². The summed E-state index contributed by atoms with van der Waals surface area (Å²) in [5, 5.41) is 0.779. The minimum atomic E-state index is -1.57. The van der Waals surface area contributed by atoms with Crippen molar-refractivity contribution in [1.29, 1.82) is 0 Å². The number of hydrogen-bond donors (Lipinski definition) is 0. The van der Waals surface area contributed by atoms with Crippen LogP contribution in [-0.4, -0.2) is 29.4 Å². The van der Waals surface area contributed by atoms with E-state index in [2.05, 4.69) is 0 Å². The smallest absolute Gasteiger partial charge is 0.187 e. The third-order valence-corrected chi connectivity index (χ3v) is 8.89. The van der Waals surface area contributed by atoms with E-state index in [1.807, 2.05) is 47.4 Å². The average molecular weight is 550 g/mol. The molecule has 2 aliphatic heterocycles. The number of Topliss-reactive ketones (excluding diaryl/α,β-unsaturated/α-hetero) is 3. The third kappa shape index (κ3) is 3.22. The second kappa shape index (κ2) is 8.77. The van der Waals surface area contributed by atoms with E-state index in [0.717, 1.165) is 11.3 Å². The lowest BCUT2D eigenvalue weighted by atomic mass is 9.64. The van der Waals surface area contributed by atoms with Crippen LogP contribution in [0.4, 0.5) is 5.69 Å². The first-order valence-corrected chi connectivity index (χ1v) is 13.5. The van der Waals surface area contributed by atoms with Crippen LogP contribution in [0.3, 0.4) is 0 Å². The van der Waals surface area contributed by atoms with Crippen LogP contribution >= 0.6 is 23.2 Å². The topological polar surface area (TPSA) is 54.5 Å². The van der Waals surface area contributed by atoms with Gasteiger partial charge in [0.25, 0.3) is 0 Å². The van der Waals surface area contributed by atoms with Gasteiger partial charge in [-0.05, 0) is 41.5 Å². The molecule has 190 valence electrons.